The second-order valence-corrected chi connectivity index (χ2v) is 5.49. The van der Waals surface area contributed by atoms with E-state index in [0.717, 1.165) is 11.3 Å². The number of benzene rings is 1. The Kier molecular flexibility index (Phi) is 4.32. The first kappa shape index (κ1) is 14.2. The van der Waals surface area contributed by atoms with E-state index in [4.69, 9.17) is 16.3 Å². The SMILES string of the molecule is Cc1ccc(Cl)cc1NC(=O)N1C[C@H](C)O[C@@H](C)C1. The van der Waals surface area contributed by atoms with Crippen molar-refractivity contribution in [1.29, 1.82) is 0 Å². The third-order valence-electron chi connectivity index (χ3n) is 3.15. The van der Waals surface area contributed by atoms with E-state index >= 15 is 0 Å². The molecule has 1 aliphatic heterocycles. The molecule has 2 atom stereocenters. The summed E-state index contributed by atoms with van der Waals surface area (Å²) in [5, 5.41) is 3.52. The molecule has 1 heterocycles. The average molecular weight is 283 g/mol. The summed E-state index contributed by atoms with van der Waals surface area (Å²) in [6.45, 7) is 7.10. The Bertz CT molecular complexity index is 469. The predicted octanol–water partition coefficient (Wildman–Crippen LogP) is 3.29. The fraction of sp³-hybridized carbons (Fsp3) is 0.500. The van der Waals surface area contributed by atoms with Crippen molar-refractivity contribution in [1.82, 2.24) is 4.90 Å². The zero-order valence-corrected chi connectivity index (χ0v) is 12.2. The van der Waals surface area contributed by atoms with Crippen LogP contribution >= 0.6 is 11.6 Å². The molecule has 2 amide bonds. The summed E-state index contributed by atoms with van der Waals surface area (Å²) in [4.78, 5) is 14.0. The van der Waals surface area contributed by atoms with E-state index in [1.807, 2.05) is 32.9 Å². The van der Waals surface area contributed by atoms with E-state index < -0.39 is 0 Å². The highest BCUT2D eigenvalue weighted by Crippen LogP contribution is 2.21. The predicted molar refractivity (Wildman–Crippen MR) is 76.8 cm³/mol. The van der Waals surface area contributed by atoms with Crippen molar-refractivity contribution in [2.24, 2.45) is 0 Å². The lowest BCUT2D eigenvalue weighted by atomic mass is 10.2. The average Bonchev–Trinajstić information content (AvgIpc) is 2.32. The fourth-order valence-electron chi connectivity index (χ4n) is 2.27. The van der Waals surface area contributed by atoms with Gasteiger partial charge in [0.15, 0.2) is 0 Å². The second-order valence-electron chi connectivity index (χ2n) is 5.05. The molecular formula is C14H19ClN2O2. The zero-order valence-electron chi connectivity index (χ0n) is 11.4. The van der Waals surface area contributed by atoms with Gasteiger partial charge in [0.1, 0.15) is 0 Å². The van der Waals surface area contributed by atoms with Crippen LogP contribution in [-0.4, -0.2) is 36.2 Å². The standard InChI is InChI=1S/C14H19ClN2O2/c1-9-4-5-12(15)6-13(9)16-14(18)17-7-10(2)19-11(3)8-17/h4-6,10-11H,7-8H2,1-3H3,(H,16,18)/t10-,11-/m0/s1. The van der Waals surface area contributed by atoms with Crippen molar-refractivity contribution < 1.29 is 9.53 Å². The Morgan fingerprint density at radius 2 is 2.00 bits per heavy atom. The number of halogens is 1. The van der Waals surface area contributed by atoms with Crippen molar-refractivity contribution in [3.8, 4) is 0 Å². The molecule has 0 aromatic heterocycles. The highest BCUT2D eigenvalue weighted by Gasteiger charge is 2.26. The number of urea groups is 1. The van der Waals surface area contributed by atoms with Crippen LogP contribution in [0.2, 0.25) is 5.02 Å². The molecule has 4 nitrogen and oxygen atoms in total. The summed E-state index contributed by atoms with van der Waals surface area (Å²) in [7, 11) is 0. The molecule has 2 rings (SSSR count). The number of hydrogen-bond donors (Lipinski definition) is 1. The monoisotopic (exact) mass is 282 g/mol. The minimum atomic E-state index is -0.104. The van der Waals surface area contributed by atoms with Gasteiger partial charge in [-0.1, -0.05) is 17.7 Å². The van der Waals surface area contributed by atoms with Gasteiger partial charge in [0.05, 0.1) is 12.2 Å². The molecule has 1 aromatic rings. The van der Waals surface area contributed by atoms with Crippen LogP contribution in [-0.2, 0) is 4.74 Å². The van der Waals surface area contributed by atoms with Crippen LogP contribution in [0.5, 0.6) is 0 Å². The van der Waals surface area contributed by atoms with E-state index in [1.54, 1.807) is 11.0 Å². The molecule has 0 spiro atoms. The number of amides is 2. The Hall–Kier alpha value is -1.26. The first-order valence-corrected chi connectivity index (χ1v) is 6.81. The number of carbonyl (C=O) groups is 1. The molecule has 0 unspecified atom stereocenters. The Labute approximate surface area is 118 Å². The van der Waals surface area contributed by atoms with Gasteiger partial charge in [-0.05, 0) is 38.5 Å². The van der Waals surface area contributed by atoms with Crippen molar-refractivity contribution in [2.45, 2.75) is 33.0 Å². The minimum Gasteiger partial charge on any atom is -0.372 e. The second kappa shape index (κ2) is 5.80. The molecule has 0 saturated carbocycles. The first-order valence-electron chi connectivity index (χ1n) is 6.43. The van der Waals surface area contributed by atoms with Gasteiger partial charge >= 0.3 is 6.03 Å². The van der Waals surface area contributed by atoms with Crippen LogP contribution in [0, 0.1) is 6.92 Å². The fourth-order valence-corrected chi connectivity index (χ4v) is 2.44. The van der Waals surface area contributed by atoms with Gasteiger partial charge < -0.3 is 15.0 Å². The quantitative estimate of drug-likeness (QED) is 0.859. The molecule has 0 bridgehead atoms. The molecule has 0 aliphatic carbocycles. The largest absolute Gasteiger partial charge is 0.372 e. The maximum absolute atomic E-state index is 12.2. The maximum atomic E-state index is 12.2. The van der Waals surface area contributed by atoms with Crippen LogP contribution in [0.25, 0.3) is 0 Å². The van der Waals surface area contributed by atoms with Gasteiger partial charge in [0, 0.05) is 23.8 Å². The molecule has 1 fully saturated rings. The number of ether oxygens (including phenoxy) is 1. The normalized spacial score (nSPS) is 23.3. The van der Waals surface area contributed by atoms with Crippen LogP contribution in [0.15, 0.2) is 18.2 Å². The molecule has 19 heavy (non-hydrogen) atoms. The number of morpholine rings is 1. The van der Waals surface area contributed by atoms with Crippen molar-refractivity contribution in [3.05, 3.63) is 28.8 Å². The molecule has 5 heteroatoms. The van der Waals surface area contributed by atoms with Crippen LogP contribution in [0.4, 0.5) is 10.5 Å². The van der Waals surface area contributed by atoms with Gasteiger partial charge in [-0.2, -0.15) is 0 Å². The summed E-state index contributed by atoms with van der Waals surface area (Å²) in [5.74, 6) is 0. The van der Waals surface area contributed by atoms with E-state index in [-0.39, 0.29) is 18.2 Å². The highest BCUT2D eigenvalue weighted by molar-refractivity contribution is 6.31. The topological polar surface area (TPSA) is 41.6 Å². The lowest BCUT2D eigenvalue weighted by Crippen LogP contribution is -2.49. The third-order valence-corrected chi connectivity index (χ3v) is 3.38. The van der Waals surface area contributed by atoms with Gasteiger partial charge in [0.25, 0.3) is 0 Å². The number of rotatable bonds is 1. The molecule has 104 valence electrons. The van der Waals surface area contributed by atoms with E-state index in [1.165, 1.54) is 0 Å². The van der Waals surface area contributed by atoms with Crippen LogP contribution in [0.3, 0.4) is 0 Å². The number of aryl methyl sites for hydroxylation is 1. The van der Waals surface area contributed by atoms with Gasteiger partial charge in [0.2, 0.25) is 0 Å². The molecular weight excluding hydrogens is 264 g/mol. The molecule has 1 N–H and O–H groups in total. The summed E-state index contributed by atoms with van der Waals surface area (Å²) >= 11 is 5.95. The van der Waals surface area contributed by atoms with Gasteiger partial charge in [-0.15, -0.1) is 0 Å². The lowest BCUT2D eigenvalue weighted by Gasteiger charge is -2.35. The Morgan fingerprint density at radius 3 is 2.63 bits per heavy atom. The summed E-state index contributed by atoms with van der Waals surface area (Å²) in [5.41, 5.74) is 1.75. The number of nitrogens with one attached hydrogen (secondary N) is 1. The van der Waals surface area contributed by atoms with E-state index in [0.29, 0.717) is 18.1 Å². The maximum Gasteiger partial charge on any atom is 0.322 e. The number of anilines is 1. The molecule has 1 aliphatic rings. The van der Waals surface area contributed by atoms with E-state index in [2.05, 4.69) is 5.32 Å². The van der Waals surface area contributed by atoms with Crippen molar-refractivity contribution in [3.63, 3.8) is 0 Å². The Morgan fingerprint density at radius 1 is 1.37 bits per heavy atom. The van der Waals surface area contributed by atoms with Crippen molar-refractivity contribution >= 4 is 23.3 Å². The molecule has 1 aromatic carbocycles. The smallest absolute Gasteiger partial charge is 0.322 e. The number of carbonyl (C=O) groups excluding carboxylic acids is 1. The molecule has 1 saturated heterocycles. The third kappa shape index (κ3) is 3.61. The first-order chi connectivity index (χ1) is 8.95. The summed E-state index contributed by atoms with van der Waals surface area (Å²) < 4.78 is 5.62. The molecule has 0 radical (unpaired) electrons. The number of hydrogen-bond acceptors (Lipinski definition) is 2. The zero-order chi connectivity index (χ0) is 14.0. The minimum absolute atomic E-state index is 0.0648. The summed E-state index contributed by atoms with van der Waals surface area (Å²) in [6.07, 6.45) is 0.130. The number of nitrogens with zero attached hydrogens (tertiary/aromatic N) is 1. The van der Waals surface area contributed by atoms with Crippen LogP contribution in [0.1, 0.15) is 19.4 Å². The Balaban J connectivity index is 2.06. The van der Waals surface area contributed by atoms with Crippen molar-refractivity contribution in [2.75, 3.05) is 18.4 Å². The van der Waals surface area contributed by atoms with E-state index in [9.17, 15) is 4.79 Å². The van der Waals surface area contributed by atoms with Gasteiger partial charge in [-0.25, -0.2) is 4.79 Å². The van der Waals surface area contributed by atoms with Gasteiger partial charge in [-0.3, -0.25) is 0 Å². The lowest BCUT2D eigenvalue weighted by molar-refractivity contribution is -0.0530. The summed E-state index contributed by atoms with van der Waals surface area (Å²) in [6, 6.07) is 5.36. The van der Waals surface area contributed by atoms with Crippen LogP contribution < -0.4 is 5.32 Å². The highest BCUT2D eigenvalue weighted by atomic mass is 35.5.